The van der Waals surface area contributed by atoms with Gasteiger partial charge in [0.1, 0.15) is 0 Å². The van der Waals surface area contributed by atoms with E-state index in [9.17, 15) is 0 Å². The second-order valence-electron chi connectivity index (χ2n) is 3.54. The van der Waals surface area contributed by atoms with Gasteiger partial charge in [-0.05, 0) is 17.3 Å². The molecule has 0 saturated heterocycles. The molecule has 16 heavy (non-hydrogen) atoms. The lowest BCUT2D eigenvalue weighted by Gasteiger charge is -1.96. The summed E-state index contributed by atoms with van der Waals surface area (Å²) in [5, 5.41) is 13.0. The Morgan fingerprint density at radius 1 is 1.00 bits per heavy atom. The molecule has 0 unspecified atom stereocenters. The van der Waals surface area contributed by atoms with Crippen molar-refractivity contribution in [1.29, 1.82) is 0 Å². The number of hydrogen-bond donors (Lipinski definition) is 1. The van der Waals surface area contributed by atoms with Crippen molar-refractivity contribution in [2.75, 3.05) is 0 Å². The molecular weight excluding hydrogens is 200 g/mol. The van der Waals surface area contributed by atoms with E-state index in [1.165, 1.54) is 0 Å². The largest absolute Gasteiger partial charge is 0.404 e. The molecule has 1 aliphatic heterocycles. The monoisotopic (exact) mass is 208 g/mol. The van der Waals surface area contributed by atoms with Gasteiger partial charge in [0.15, 0.2) is 0 Å². The maximum absolute atomic E-state index is 8.54. The Bertz CT molecular complexity index is 713. The molecule has 0 saturated carbocycles. The topological polar surface area (TPSA) is 45.0 Å². The zero-order valence-electron chi connectivity index (χ0n) is 8.38. The molecule has 1 N–H and O–H groups in total. The molecule has 76 valence electrons. The van der Waals surface area contributed by atoms with Crippen molar-refractivity contribution in [3.63, 3.8) is 0 Å². The lowest BCUT2D eigenvalue weighted by Crippen LogP contribution is -2.25. The van der Waals surface area contributed by atoms with Crippen LogP contribution < -0.4 is 10.6 Å². The fraction of sp³-hybridized carbons (Fsp3) is 0. The molecule has 1 aliphatic rings. The molecule has 2 aromatic carbocycles. The molecule has 2 aromatic rings. The van der Waals surface area contributed by atoms with Gasteiger partial charge in [-0.2, -0.15) is 0 Å². The average molecular weight is 208 g/mol. The third-order valence-electron chi connectivity index (χ3n) is 2.63. The van der Waals surface area contributed by atoms with Crippen LogP contribution in [0.5, 0.6) is 0 Å². The van der Waals surface area contributed by atoms with E-state index in [1.807, 2.05) is 42.5 Å². The first-order valence-electron chi connectivity index (χ1n) is 4.94. The highest BCUT2D eigenvalue weighted by atomic mass is 16.4. The highest BCUT2D eigenvalue weighted by molar-refractivity contribution is 5.79. The van der Waals surface area contributed by atoms with Gasteiger partial charge < -0.3 is 5.21 Å². The predicted molar refractivity (Wildman–Crippen MR) is 60.6 cm³/mol. The summed E-state index contributed by atoms with van der Waals surface area (Å²) in [5.41, 5.74) is 3.12. The first kappa shape index (κ1) is 8.89. The second kappa shape index (κ2) is 3.33. The molecule has 0 atom stereocenters. The van der Waals surface area contributed by atoms with E-state index in [0.717, 1.165) is 22.2 Å². The second-order valence-corrected chi connectivity index (χ2v) is 3.54. The van der Waals surface area contributed by atoms with Crippen LogP contribution in [-0.4, -0.2) is 11.1 Å². The van der Waals surface area contributed by atoms with Crippen molar-refractivity contribution in [3.8, 4) is 11.1 Å². The molecule has 3 rings (SSSR count). The molecule has 3 heteroatoms. The minimum absolute atomic E-state index is 0.705. The van der Waals surface area contributed by atoms with Crippen LogP contribution in [0.4, 0.5) is 5.69 Å². The molecule has 0 spiro atoms. The molecule has 3 nitrogen and oxygen atoms in total. The summed E-state index contributed by atoms with van der Waals surface area (Å²) in [5.74, 6) is 2.53. The van der Waals surface area contributed by atoms with E-state index in [-0.39, 0.29) is 0 Å². The minimum Gasteiger partial charge on any atom is -0.404 e. The standard InChI is InChI=1S/C13H8N2O/c16-14-8-9-4-3-6-11-10-5-1-2-7-12(10)15-13(9)11/h1-7,16H. The van der Waals surface area contributed by atoms with Crippen LogP contribution in [-0.2, 0) is 0 Å². The molecule has 0 aliphatic carbocycles. The van der Waals surface area contributed by atoms with E-state index in [1.54, 1.807) is 0 Å². The lowest BCUT2D eigenvalue weighted by atomic mass is 10.1. The van der Waals surface area contributed by atoms with Crippen LogP contribution in [0.1, 0.15) is 0 Å². The highest BCUT2D eigenvalue weighted by Crippen LogP contribution is 2.30. The highest BCUT2D eigenvalue weighted by Gasteiger charge is 2.12. The summed E-state index contributed by atoms with van der Waals surface area (Å²) < 4.78 is 0. The van der Waals surface area contributed by atoms with Crippen molar-refractivity contribution in [3.05, 3.63) is 53.0 Å². The van der Waals surface area contributed by atoms with Gasteiger partial charge in [-0.3, -0.25) is 0 Å². The maximum Gasteiger partial charge on any atom is 0.0883 e. The Kier molecular flexibility index (Phi) is 1.85. The molecule has 0 radical (unpaired) electrons. The van der Waals surface area contributed by atoms with Gasteiger partial charge in [-0.25, -0.2) is 4.99 Å². The first-order chi connectivity index (χ1) is 7.90. The smallest absolute Gasteiger partial charge is 0.0883 e. The van der Waals surface area contributed by atoms with Gasteiger partial charge >= 0.3 is 0 Å². The van der Waals surface area contributed by atoms with Crippen molar-refractivity contribution in [2.24, 2.45) is 10.1 Å². The third-order valence-corrected chi connectivity index (χ3v) is 2.63. The normalized spacial score (nSPS) is 11.0. The average Bonchev–Trinajstić information content (AvgIpc) is 2.69. The predicted octanol–water partition coefficient (Wildman–Crippen LogP) is 1.35. The Hall–Kier alpha value is -2.38. The molecule has 0 aromatic heterocycles. The van der Waals surface area contributed by atoms with E-state index >= 15 is 0 Å². The number of nitrogens with zero attached hydrogens (tertiary/aromatic N) is 2. The van der Waals surface area contributed by atoms with E-state index in [4.69, 9.17) is 5.21 Å². The zero-order valence-corrected chi connectivity index (χ0v) is 8.38. The van der Waals surface area contributed by atoms with E-state index < -0.39 is 0 Å². The molecule has 1 heterocycles. The molecular formula is C13H8N2O. The third kappa shape index (κ3) is 1.16. The fourth-order valence-corrected chi connectivity index (χ4v) is 1.94. The Labute approximate surface area is 91.7 Å². The van der Waals surface area contributed by atoms with Crippen LogP contribution in [0, 0.1) is 0 Å². The van der Waals surface area contributed by atoms with E-state index in [0.29, 0.717) is 5.22 Å². The van der Waals surface area contributed by atoms with Gasteiger partial charge in [0, 0.05) is 17.0 Å². The van der Waals surface area contributed by atoms with Crippen LogP contribution in [0.15, 0.2) is 52.6 Å². The SMILES string of the molecule is ON=C=c1cccc2c1=Nc1ccccc1-2. The van der Waals surface area contributed by atoms with Crippen LogP contribution in [0.2, 0.25) is 0 Å². The number of hydrogen-bond acceptors (Lipinski definition) is 3. The number of para-hydroxylation sites is 2. The summed E-state index contributed by atoms with van der Waals surface area (Å²) in [7, 11) is 0. The van der Waals surface area contributed by atoms with Gasteiger partial charge in [0.25, 0.3) is 0 Å². The first-order valence-corrected chi connectivity index (χ1v) is 4.94. The Balaban J connectivity index is 2.49. The Morgan fingerprint density at radius 3 is 2.69 bits per heavy atom. The van der Waals surface area contributed by atoms with Crippen LogP contribution in [0.3, 0.4) is 0 Å². The lowest BCUT2D eigenvalue weighted by molar-refractivity contribution is 0.322. The van der Waals surface area contributed by atoms with Crippen molar-refractivity contribution in [1.82, 2.24) is 0 Å². The van der Waals surface area contributed by atoms with Crippen molar-refractivity contribution in [2.45, 2.75) is 0 Å². The van der Waals surface area contributed by atoms with Gasteiger partial charge in [-0.15, -0.1) is 0 Å². The van der Waals surface area contributed by atoms with Crippen molar-refractivity contribution >= 4 is 11.6 Å². The number of fused-ring (bicyclic) bond motifs is 3. The minimum atomic E-state index is 0.705. The molecule has 0 fully saturated rings. The van der Waals surface area contributed by atoms with Gasteiger partial charge in [0.05, 0.1) is 16.3 Å². The van der Waals surface area contributed by atoms with Gasteiger partial charge in [0.2, 0.25) is 0 Å². The summed E-state index contributed by atoms with van der Waals surface area (Å²) >= 11 is 0. The summed E-state index contributed by atoms with van der Waals surface area (Å²) in [6.45, 7) is 0. The quantitative estimate of drug-likeness (QED) is 0.338. The zero-order chi connectivity index (χ0) is 11.0. The van der Waals surface area contributed by atoms with E-state index in [2.05, 4.69) is 16.0 Å². The number of benzene rings is 2. The Morgan fingerprint density at radius 2 is 1.81 bits per heavy atom. The molecule has 0 amide bonds. The molecule has 0 bridgehead atoms. The van der Waals surface area contributed by atoms with Crippen LogP contribution in [0.25, 0.3) is 11.1 Å². The van der Waals surface area contributed by atoms with Crippen molar-refractivity contribution < 1.29 is 5.21 Å². The summed E-state index contributed by atoms with van der Waals surface area (Å²) in [6, 6.07) is 13.7. The number of rotatable bonds is 0. The van der Waals surface area contributed by atoms with Crippen LogP contribution >= 0.6 is 0 Å². The fourth-order valence-electron chi connectivity index (χ4n) is 1.94. The maximum atomic E-state index is 8.54. The summed E-state index contributed by atoms with van der Waals surface area (Å²) in [6.07, 6.45) is 0. The summed E-state index contributed by atoms with van der Waals surface area (Å²) in [4.78, 5) is 4.50. The van der Waals surface area contributed by atoms with Gasteiger partial charge in [-0.1, -0.05) is 30.3 Å².